The fourth-order valence-electron chi connectivity index (χ4n) is 3.24. The van der Waals surface area contributed by atoms with Gasteiger partial charge < -0.3 is 19.2 Å². The lowest BCUT2D eigenvalue weighted by Gasteiger charge is -2.25. The van der Waals surface area contributed by atoms with Crippen LogP contribution in [0.5, 0.6) is 5.75 Å². The lowest BCUT2D eigenvalue weighted by atomic mass is 10.0. The van der Waals surface area contributed by atoms with E-state index in [4.69, 9.17) is 9.15 Å². The van der Waals surface area contributed by atoms with Crippen LogP contribution in [0.2, 0.25) is 0 Å². The van der Waals surface area contributed by atoms with Crippen LogP contribution in [-0.4, -0.2) is 35.7 Å². The second-order valence-corrected chi connectivity index (χ2v) is 5.99. The number of ether oxygens (including phenoxy) is 1. The second kappa shape index (κ2) is 6.08. The third-order valence-corrected chi connectivity index (χ3v) is 4.39. The molecule has 1 aromatic carbocycles. The molecule has 0 bridgehead atoms. The molecule has 1 N–H and O–H groups in total. The number of benzene rings is 1. The number of carbonyl (C=O) groups is 1. The number of aryl methyl sites for hydroxylation is 2. The standard InChI is InChI=1S/C18H21NO4/c1-11-10-23-12(2)17(11)18(21)19-9-14(20)8-16(19)13-5-4-6-15(7-13)22-3/h4-7,10,14,16,20H,8-9H2,1-3H3. The summed E-state index contributed by atoms with van der Waals surface area (Å²) in [6.45, 7) is 3.97. The number of amides is 1. The Hall–Kier alpha value is -2.27. The van der Waals surface area contributed by atoms with Gasteiger partial charge in [0.1, 0.15) is 11.5 Å². The molecule has 122 valence electrons. The van der Waals surface area contributed by atoms with Crippen LogP contribution < -0.4 is 4.74 Å². The Kier molecular flexibility index (Phi) is 4.13. The molecule has 23 heavy (non-hydrogen) atoms. The first kappa shape index (κ1) is 15.6. The number of furan rings is 1. The molecule has 3 rings (SSSR count). The molecule has 0 aliphatic carbocycles. The maximum Gasteiger partial charge on any atom is 0.258 e. The van der Waals surface area contributed by atoms with Crippen LogP contribution in [0.1, 0.15) is 39.7 Å². The number of β-amino-alcohol motifs (C(OH)–C–C–N with tert-alkyl or cyclic N) is 1. The lowest BCUT2D eigenvalue weighted by molar-refractivity contribution is 0.0713. The first-order valence-corrected chi connectivity index (χ1v) is 7.69. The van der Waals surface area contributed by atoms with Gasteiger partial charge in [0.15, 0.2) is 0 Å². The predicted octanol–water partition coefficient (Wildman–Crippen LogP) is 2.85. The van der Waals surface area contributed by atoms with E-state index in [2.05, 4.69) is 0 Å². The van der Waals surface area contributed by atoms with Crippen molar-refractivity contribution in [2.24, 2.45) is 0 Å². The van der Waals surface area contributed by atoms with Crippen LogP contribution >= 0.6 is 0 Å². The molecule has 2 heterocycles. The van der Waals surface area contributed by atoms with Crippen molar-refractivity contribution in [3.05, 3.63) is 53.0 Å². The summed E-state index contributed by atoms with van der Waals surface area (Å²) in [7, 11) is 1.61. The molecule has 5 nitrogen and oxygen atoms in total. The van der Waals surface area contributed by atoms with E-state index in [-0.39, 0.29) is 11.9 Å². The minimum Gasteiger partial charge on any atom is -0.497 e. The van der Waals surface area contributed by atoms with E-state index in [9.17, 15) is 9.90 Å². The Morgan fingerprint density at radius 2 is 2.17 bits per heavy atom. The van der Waals surface area contributed by atoms with E-state index >= 15 is 0 Å². The number of aliphatic hydroxyl groups is 1. The highest BCUT2D eigenvalue weighted by atomic mass is 16.5. The normalized spacial score (nSPS) is 20.8. The van der Waals surface area contributed by atoms with Gasteiger partial charge in [-0.15, -0.1) is 0 Å². The quantitative estimate of drug-likeness (QED) is 0.946. The third-order valence-electron chi connectivity index (χ3n) is 4.39. The Balaban J connectivity index is 1.95. The van der Waals surface area contributed by atoms with Gasteiger partial charge in [0.25, 0.3) is 5.91 Å². The average Bonchev–Trinajstić information content (AvgIpc) is 3.09. The van der Waals surface area contributed by atoms with Gasteiger partial charge in [-0.2, -0.15) is 0 Å². The average molecular weight is 315 g/mol. The molecule has 0 radical (unpaired) electrons. The molecular formula is C18H21NO4. The Morgan fingerprint density at radius 3 is 2.83 bits per heavy atom. The number of likely N-dealkylation sites (tertiary alicyclic amines) is 1. The number of carbonyl (C=O) groups excluding carboxylic acids is 1. The van der Waals surface area contributed by atoms with Crippen molar-refractivity contribution >= 4 is 5.91 Å². The summed E-state index contributed by atoms with van der Waals surface area (Å²) in [6, 6.07) is 7.47. The zero-order valence-corrected chi connectivity index (χ0v) is 13.6. The van der Waals surface area contributed by atoms with Gasteiger partial charge in [0.05, 0.1) is 31.1 Å². The number of methoxy groups -OCH3 is 1. The monoisotopic (exact) mass is 315 g/mol. The Morgan fingerprint density at radius 1 is 1.39 bits per heavy atom. The summed E-state index contributed by atoms with van der Waals surface area (Å²) in [5.41, 5.74) is 2.37. The van der Waals surface area contributed by atoms with E-state index in [0.717, 1.165) is 16.9 Å². The van der Waals surface area contributed by atoms with Crippen molar-refractivity contribution in [3.63, 3.8) is 0 Å². The molecule has 1 fully saturated rings. The number of aliphatic hydroxyl groups excluding tert-OH is 1. The van der Waals surface area contributed by atoms with Crippen LogP contribution in [0.3, 0.4) is 0 Å². The van der Waals surface area contributed by atoms with E-state index < -0.39 is 6.10 Å². The molecule has 1 aliphatic rings. The Bertz CT molecular complexity index is 702. The summed E-state index contributed by atoms with van der Waals surface area (Å²) >= 11 is 0. The fourth-order valence-corrected chi connectivity index (χ4v) is 3.24. The molecule has 2 unspecified atom stereocenters. The maximum absolute atomic E-state index is 13.0. The van der Waals surface area contributed by atoms with Gasteiger partial charge in [-0.1, -0.05) is 12.1 Å². The summed E-state index contributed by atoms with van der Waals surface area (Å²) in [5, 5.41) is 10.1. The van der Waals surface area contributed by atoms with Gasteiger partial charge in [0.2, 0.25) is 0 Å². The van der Waals surface area contributed by atoms with Crippen molar-refractivity contribution in [3.8, 4) is 5.75 Å². The van der Waals surface area contributed by atoms with E-state index in [1.54, 1.807) is 25.2 Å². The first-order chi connectivity index (χ1) is 11.0. The summed E-state index contributed by atoms with van der Waals surface area (Å²) in [5.74, 6) is 1.25. The molecule has 1 aliphatic heterocycles. The van der Waals surface area contributed by atoms with Crippen molar-refractivity contribution < 1.29 is 19.1 Å². The van der Waals surface area contributed by atoms with Crippen LogP contribution in [0.4, 0.5) is 0 Å². The van der Waals surface area contributed by atoms with Gasteiger partial charge in [-0.05, 0) is 38.0 Å². The molecule has 2 atom stereocenters. The minimum atomic E-state index is -0.525. The maximum atomic E-state index is 13.0. The molecule has 0 spiro atoms. The number of hydrogen-bond acceptors (Lipinski definition) is 4. The summed E-state index contributed by atoms with van der Waals surface area (Å²) in [6.07, 6.45) is 1.59. The summed E-state index contributed by atoms with van der Waals surface area (Å²) < 4.78 is 10.6. The van der Waals surface area contributed by atoms with Gasteiger partial charge in [-0.25, -0.2) is 0 Å². The van der Waals surface area contributed by atoms with E-state index in [1.165, 1.54) is 0 Å². The van der Waals surface area contributed by atoms with Gasteiger partial charge in [-0.3, -0.25) is 4.79 Å². The number of rotatable bonds is 3. The number of nitrogens with zero attached hydrogens (tertiary/aromatic N) is 1. The minimum absolute atomic E-state index is 0.0990. The van der Waals surface area contributed by atoms with Crippen LogP contribution in [0.25, 0.3) is 0 Å². The SMILES string of the molecule is COc1cccc(C2CC(O)CN2C(=O)c2c(C)coc2C)c1. The summed E-state index contributed by atoms with van der Waals surface area (Å²) in [4.78, 5) is 14.7. The largest absolute Gasteiger partial charge is 0.497 e. The van der Waals surface area contributed by atoms with Gasteiger partial charge in [0, 0.05) is 12.1 Å². The van der Waals surface area contributed by atoms with Crippen molar-refractivity contribution in [1.82, 2.24) is 4.90 Å². The topological polar surface area (TPSA) is 62.9 Å². The van der Waals surface area contributed by atoms with Crippen molar-refractivity contribution in [2.75, 3.05) is 13.7 Å². The molecule has 5 heteroatoms. The zero-order valence-electron chi connectivity index (χ0n) is 13.6. The lowest BCUT2D eigenvalue weighted by Crippen LogP contribution is -2.32. The highest BCUT2D eigenvalue weighted by Crippen LogP contribution is 2.35. The van der Waals surface area contributed by atoms with Crippen molar-refractivity contribution in [1.29, 1.82) is 0 Å². The van der Waals surface area contributed by atoms with Crippen LogP contribution in [0.15, 0.2) is 34.9 Å². The van der Waals surface area contributed by atoms with E-state index in [0.29, 0.717) is 24.3 Å². The molecule has 1 saturated heterocycles. The van der Waals surface area contributed by atoms with E-state index in [1.807, 2.05) is 31.2 Å². The van der Waals surface area contributed by atoms with Gasteiger partial charge >= 0.3 is 0 Å². The second-order valence-electron chi connectivity index (χ2n) is 5.99. The predicted molar refractivity (Wildman–Crippen MR) is 85.6 cm³/mol. The molecule has 1 aromatic heterocycles. The van der Waals surface area contributed by atoms with Crippen LogP contribution in [0, 0.1) is 13.8 Å². The van der Waals surface area contributed by atoms with Crippen molar-refractivity contribution in [2.45, 2.75) is 32.4 Å². The molecule has 1 amide bonds. The molecule has 2 aromatic rings. The smallest absolute Gasteiger partial charge is 0.258 e. The highest BCUT2D eigenvalue weighted by molar-refractivity contribution is 5.97. The molecule has 0 saturated carbocycles. The first-order valence-electron chi connectivity index (χ1n) is 7.69. The zero-order chi connectivity index (χ0) is 16.6. The Labute approximate surface area is 135 Å². The third kappa shape index (κ3) is 2.84. The molecular weight excluding hydrogens is 294 g/mol. The van der Waals surface area contributed by atoms with Crippen LogP contribution in [-0.2, 0) is 0 Å². The fraction of sp³-hybridized carbons (Fsp3) is 0.389. The number of hydrogen-bond donors (Lipinski definition) is 1. The highest BCUT2D eigenvalue weighted by Gasteiger charge is 2.37.